The zero-order chi connectivity index (χ0) is 32.0. The van der Waals surface area contributed by atoms with E-state index in [-0.39, 0.29) is 56.2 Å². The van der Waals surface area contributed by atoms with Crippen LogP contribution in [0, 0.1) is 0 Å². The minimum absolute atomic E-state index is 0.0198. The molecule has 1 aliphatic heterocycles. The van der Waals surface area contributed by atoms with Gasteiger partial charge < -0.3 is 29.3 Å². The molecule has 1 saturated heterocycles. The predicted molar refractivity (Wildman–Crippen MR) is 170 cm³/mol. The molecule has 1 aromatic heterocycles. The van der Waals surface area contributed by atoms with Gasteiger partial charge in [0, 0.05) is 38.1 Å². The van der Waals surface area contributed by atoms with Crippen molar-refractivity contribution in [3.63, 3.8) is 0 Å². The molecule has 11 nitrogen and oxygen atoms in total. The number of piperazine rings is 1. The number of hydrogen-bond acceptors (Lipinski definition) is 7. The van der Waals surface area contributed by atoms with Gasteiger partial charge >= 0.3 is 6.09 Å². The monoisotopic (exact) mass is 638 g/mol. The van der Waals surface area contributed by atoms with Gasteiger partial charge in [-0.15, -0.1) is 0 Å². The lowest BCUT2D eigenvalue weighted by molar-refractivity contribution is -0.0989. The third kappa shape index (κ3) is 7.92. The smallest absolute Gasteiger partial charge is 0.407 e. The number of imidazole rings is 1. The zero-order valence-corrected chi connectivity index (χ0v) is 26.4. The Morgan fingerprint density at radius 2 is 1.76 bits per heavy atom. The summed E-state index contributed by atoms with van der Waals surface area (Å²) in [6, 6.07) is 18.4. The number of ether oxygens (including phenoxy) is 1. The summed E-state index contributed by atoms with van der Waals surface area (Å²) in [7, 11) is -3.10. The first-order chi connectivity index (χ1) is 21.6. The maximum absolute atomic E-state index is 14.4. The van der Waals surface area contributed by atoms with Gasteiger partial charge in [-0.3, -0.25) is 4.79 Å². The van der Waals surface area contributed by atoms with E-state index in [1.807, 2.05) is 65.2 Å². The lowest BCUT2D eigenvalue weighted by Crippen LogP contribution is -2.57. The van der Waals surface area contributed by atoms with E-state index in [0.717, 1.165) is 24.0 Å². The molecular formula is C33H42N4O7S. The van der Waals surface area contributed by atoms with Crippen LogP contribution in [0.2, 0.25) is 0 Å². The first-order valence-electron chi connectivity index (χ1n) is 15.5. The van der Waals surface area contributed by atoms with Crippen molar-refractivity contribution >= 4 is 21.8 Å². The first kappa shape index (κ1) is 32.6. The topological polar surface area (TPSA) is 142 Å². The number of benzene rings is 2. The third-order valence-corrected chi connectivity index (χ3v) is 9.85. The van der Waals surface area contributed by atoms with E-state index in [4.69, 9.17) is 4.74 Å². The number of amides is 2. The van der Waals surface area contributed by atoms with Crippen LogP contribution in [0.15, 0.2) is 67.0 Å². The van der Waals surface area contributed by atoms with E-state index in [1.165, 1.54) is 11.2 Å². The van der Waals surface area contributed by atoms with E-state index in [1.54, 1.807) is 11.2 Å². The van der Waals surface area contributed by atoms with Gasteiger partial charge in [0.15, 0.2) is 5.69 Å². The van der Waals surface area contributed by atoms with Crippen molar-refractivity contribution in [1.82, 2.24) is 19.4 Å². The molecule has 12 heteroatoms. The average molecular weight is 639 g/mol. The third-order valence-electron chi connectivity index (χ3n) is 8.82. The number of sulfone groups is 1. The Balaban J connectivity index is 1.46. The van der Waals surface area contributed by atoms with Crippen LogP contribution in [0.3, 0.4) is 0 Å². The molecule has 2 aromatic carbocycles. The molecule has 0 spiro atoms. The summed E-state index contributed by atoms with van der Waals surface area (Å²) in [5.41, 5.74) is 1.40. The van der Waals surface area contributed by atoms with Crippen LogP contribution in [-0.2, 0) is 21.0 Å². The summed E-state index contributed by atoms with van der Waals surface area (Å²) in [6.07, 6.45) is 5.50. The summed E-state index contributed by atoms with van der Waals surface area (Å²) in [5.74, 6) is -0.263. The normalized spacial score (nSPS) is 22.4. The van der Waals surface area contributed by atoms with E-state index in [2.05, 4.69) is 4.98 Å². The Bertz CT molecular complexity index is 1560. The van der Waals surface area contributed by atoms with Crippen molar-refractivity contribution in [3.8, 4) is 11.3 Å². The second-order valence-corrected chi connectivity index (χ2v) is 14.4. The van der Waals surface area contributed by atoms with Crippen LogP contribution < -0.4 is 0 Å². The summed E-state index contributed by atoms with van der Waals surface area (Å²) in [5, 5.41) is 21.7. The SMILES string of the molecule is CS(=O)(=O)CCCOCC1(O)CCCCC1n1cnc(C(=O)N2CCN(C(=O)O)C[C@H]2Cc2ccccc2)c1-c1ccccc1. The van der Waals surface area contributed by atoms with Crippen molar-refractivity contribution in [1.29, 1.82) is 0 Å². The van der Waals surface area contributed by atoms with Crippen LogP contribution in [0.25, 0.3) is 11.3 Å². The molecule has 0 radical (unpaired) electrons. The highest BCUT2D eigenvalue weighted by atomic mass is 32.2. The number of carbonyl (C=O) groups excluding carboxylic acids is 1. The minimum Gasteiger partial charge on any atom is -0.465 e. The van der Waals surface area contributed by atoms with Crippen LogP contribution in [0.5, 0.6) is 0 Å². The van der Waals surface area contributed by atoms with E-state index in [9.17, 15) is 28.2 Å². The second-order valence-electron chi connectivity index (χ2n) is 12.2. The molecule has 3 aromatic rings. The molecule has 0 bridgehead atoms. The fourth-order valence-corrected chi connectivity index (χ4v) is 7.21. The second kappa shape index (κ2) is 14.1. The van der Waals surface area contributed by atoms with Crippen LogP contribution in [-0.4, -0.2) is 106 Å². The van der Waals surface area contributed by atoms with Gasteiger partial charge in [0.25, 0.3) is 5.91 Å². The fraction of sp³-hybridized carbons (Fsp3) is 0.485. The lowest BCUT2D eigenvalue weighted by Gasteiger charge is -2.41. The molecule has 2 fully saturated rings. The maximum Gasteiger partial charge on any atom is 0.407 e. The van der Waals surface area contributed by atoms with Gasteiger partial charge in [-0.05, 0) is 31.2 Å². The Morgan fingerprint density at radius 3 is 2.44 bits per heavy atom. The van der Waals surface area contributed by atoms with Crippen LogP contribution >= 0.6 is 0 Å². The Labute approximate surface area is 264 Å². The van der Waals surface area contributed by atoms with Crippen molar-refractivity contribution in [2.45, 2.75) is 56.2 Å². The number of nitrogens with zero attached hydrogens (tertiary/aromatic N) is 4. The molecule has 242 valence electrons. The number of aliphatic hydroxyl groups is 1. The molecule has 2 heterocycles. The number of carboxylic acid groups (broad SMARTS) is 1. The van der Waals surface area contributed by atoms with Crippen molar-refractivity contribution in [2.24, 2.45) is 0 Å². The van der Waals surface area contributed by atoms with Crippen LogP contribution in [0.1, 0.15) is 54.2 Å². The number of carbonyl (C=O) groups is 2. The van der Waals surface area contributed by atoms with Crippen molar-refractivity contribution in [3.05, 3.63) is 78.2 Å². The highest BCUT2D eigenvalue weighted by molar-refractivity contribution is 7.90. The molecule has 45 heavy (non-hydrogen) atoms. The average Bonchev–Trinajstić information content (AvgIpc) is 3.46. The van der Waals surface area contributed by atoms with Crippen molar-refractivity contribution < 1.29 is 33.0 Å². The zero-order valence-electron chi connectivity index (χ0n) is 25.6. The Hall–Kier alpha value is -3.74. The Morgan fingerprint density at radius 1 is 1.04 bits per heavy atom. The summed E-state index contributed by atoms with van der Waals surface area (Å²) in [4.78, 5) is 34.0. The number of aromatic nitrogens is 2. The number of rotatable bonds is 11. The molecule has 2 unspecified atom stereocenters. The lowest BCUT2D eigenvalue weighted by atomic mass is 9.80. The van der Waals surface area contributed by atoms with Crippen molar-refractivity contribution in [2.75, 3.05) is 44.9 Å². The largest absolute Gasteiger partial charge is 0.465 e. The van der Waals surface area contributed by atoms with Gasteiger partial charge in [0.2, 0.25) is 0 Å². The van der Waals surface area contributed by atoms with Gasteiger partial charge in [0.1, 0.15) is 15.4 Å². The molecule has 5 rings (SSSR count). The van der Waals surface area contributed by atoms with E-state index >= 15 is 0 Å². The highest BCUT2D eigenvalue weighted by Gasteiger charge is 2.43. The summed E-state index contributed by atoms with van der Waals surface area (Å²) in [6.45, 7) is 0.876. The molecular weight excluding hydrogens is 596 g/mol. The number of hydrogen-bond donors (Lipinski definition) is 2. The quantitative estimate of drug-likeness (QED) is 0.301. The molecule has 2 aliphatic rings. The van der Waals surface area contributed by atoms with Crippen LogP contribution in [0.4, 0.5) is 4.79 Å². The minimum atomic E-state index is -3.10. The molecule has 1 saturated carbocycles. The van der Waals surface area contributed by atoms with E-state index in [0.29, 0.717) is 31.4 Å². The van der Waals surface area contributed by atoms with Gasteiger partial charge in [-0.1, -0.05) is 73.5 Å². The fourth-order valence-electron chi connectivity index (χ4n) is 6.57. The first-order valence-corrected chi connectivity index (χ1v) is 17.5. The molecule has 1 aliphatic carbocycles. The molecule has 2 amide bonds. The maximum atomic E-state index is 14.4. The standard InChI is InChI=1S/C33H42N4O7S/c1-45(42,43)20-10-19-44-23-33(41)16-9-8-15-28(33)37-24-34-29(30(37)26-13-6-3-7-14-26)31(38)36-18-17-35(32(39)40)22-27(36)21-25-11-4-2-5-12-25/h2-7,11-14,24,27-28,41H,8-10,15-23H2,1H3,(H,39,40)/t27-,28?,33?/m1/s1. The summed E-state index contributed by atoms with van der Waals surface area (Å²) >= 11 is 0. The predicted octanol–water partition coefficient (Wildman–Crippen LogP) is 3.89. The molecule has 3 atom stereocenters. The summed E-state index contributed by atoms with van der Waals surface area (Å²) < 4.78 is 30.8. The van der Waals surface area contributed by atoms with Gasteiger partial charge in [0.05, 0.1) is 36.5 Å². The molecule has 2 N–H and O–H groups in total. The van der Waals surface area contributed by atoms with Gasteiger partial charge in [-0.2, -0.15) is 0 Å². The van der Waals surface area contributed by atoms with Gasteiger partial charge in [-0.25, -0.2) is 18.2 Å². The highest BCUT2D eigenvalue weighted by Crippen LogP contribution is 2.41. The Kier molecular flexibility index (Phi) is 10.3. The van der Waals surface area contributed by atoms with E-state index < -0.39 is 27.6 Å².